The van der Waals surface area contributed by atoms with E-state index in [0.29, 0.717) is 6.10 Å². The van der Waals surface area contributed by atoms with E-state index in [0.717, 1.165) is 19.3 Å². The van der Waals surface area contributed by atoms with Crippen LogP contribution in [0.1, 0.15) is 25.3 Å². The van der Waals surface area contributed by atoms with E-state index in [9.17, 15) is 0 Å². The van der Waals surface area contributed by atoms with Crippen molar-refractivity contribution in [1.29, 1.82) is 0 Å². The van der Waals surface area contributed by atoms with Crippen LogP contribution in [0.4, 0.5) is 0 Å². The monoisotopic (exact) mass is 260 g/mol. The molecule has 1 aliphatic heterocycles. The van der Waals surface area contributed by atoms with Crippen molar-refractivity contribution in [2.24, 2.45) is 0 Å². The maximum absolute atomic E-state index is 6.38. The molecule has 1 aromatic rings. The molecule has 0 aromatic heterocycles. The number of rotatable bonds is 3. The first-order valence-electron chi connectivity index (χ1n) is 6.92. The van der Waals surface area contributed by atoms with Gasteiger partial charge >= 0.3 is 0 Å². The zero-order chi connectivity index (χ0) is 13.0. The molecular formula is C16H24OSi. The highest BCUT2D eigenvalue weighted by Gasteiger charge is 2.28. The summed E-state index contributed by atoms with van der Waals surface area (Å²) < 4.78 is 6.38. The molecule has 0 amide bonds. The van der Waals surface area contributed by atoms with Crippen LogP contribution in [0.5, 0.6) is 0 Å². The van der Waals surface area contributed by atoms with Gasteiger partial charge in [0, 0.05) is 6.10 Å². The van der Waals surface area contributed by atoms with Crippen LogP contribution in [0.3, 0.4) is 0 Å². The van der Waals surface area contributed by atoms with Gasteiger partial charge in [-0.3, -0.25) is 0 Å². The lowest BCUT2D eigenvalue weighted by Gasteiger charge is -2.26. The summed E-state index contributed by atoms with van der Waals surface area (Å²) in [4.78, 5) is 0. The smallest absolute Gasteiger partial charge is 0.191 e. The third-order valence-electron chi connectivity index (χ3n) is 3.52. The number of hydrogen-bond acceptors (Lipinski definition) is 1. The Balaban J connectivity index is 1.93. The predicted octanol–water partition coefficient (Wildman–Crippen LogP) is 4.56. The molecule has 1 nitrogen and oxygen atoms in total. The van der Waals surface area contributed by atoms with Crippen LogP contribution in [-0.2, 0) is 10.8 Å². The second-order valence-electron chi connectivity index (χ2n) is 5.99. The zero-order valence-electron chi connectivity index (χ0n) is 11.8. The third-order valence-corrected chi connectivity index (χ3v) is 5.90. The minimum absolute atomic E-state index is 0.421. The summed E-state index contributed by atoms with van der Waals surface area (Å²) in [5.74, 6) is 0. The van der Waals surface area contributed by atoms with Crippen molar-refractivity contribution in [3.63, 3.8) is 0 Å². The molecule has 2 heteroatoms. The normalized spacial score (nSPS) is 23.3. The van der Waals surface area contributed by atoms with E-state index in [1.165, 1.54) is 17.2 Å². The minimum Gasteiger partial charge on any atom is -0.414 e. The number of aryl methyl sites for hydroxylation is 1. The second-order valence-corrected chi connectivity index (χ2v) is 10.1. The van der Waals surface area contributed by atoms with E-state index in [1.54, 1.807) is 0 Å². The van der Waals surface area contributed by atoms with Gasteiger partial charge in [-0.1, -0.05) is 42.0 Å². The van der Waals surface area contributed by atoms with Crippen LogP contribution in [0.15, 0.2) is 42.0 Å². The van der Waals surface area contributed by atoms with Crippen molar-refractivity contribution >= 4 is 8.32 Å². The molecule has 0 bridgehead atoms. The van der Waals surface area contributed by atoms with Gasteiger partial charge in [0.1, 0.15) is 0 Å². The Morgan fingerprint density at radius 1 is 1.22 bits per heavy atom. The van der Waals surface area contributed by atoms with Crippen molar-refractivity contribution < 1.29 is 4.43 Å². The summed E-state index contributed by atoms with van der Waals surface area (Å²) >= 11 is 0. The van der Waals surface area contributed by atoms with Gasteiger partial charge in [-0.2, -0.15) is 0 Å². The van der Waals surface area contributed by atoms with Crippen molar-refractivity contribution in [3.8, 4) is 0 Å². The maximum atomic E-state index is 6.38. The minimum atomic E-state index is -1.47. The Kier molecular flexibility index (Phi) is 4.41. The van der Waals surface area contributed by atoms with Crippen LogP contribution < -0.4 is 0 Å². The lowest BCUT2D eigenvalue weighted by molar-refractivity contribution is 0.188. The van der Waals surface area contributed by atoms with Gasteiger partial charge in [0.25, 0.3) is 0 Å². The molecule has 1 atom stereocenters. The van der Waals surface area contributed by atoms with Gasteiger partial charge in [-0.25, -0.2) is 0 Å². The van der Waals surface area contributed by atoms with Crippen LogP contribution in [-0.4, -0.2) is 14.4 Å². The van der Waals surface area contributed by atoms with Crippen molar-refractivity contribution in [2.75, 3.05) is 0 Å². The maximum Gasteiger partial charge on any atom is 0.191 e. The molecule has 0 fully saturated rings. The predicted molar refractivity (Wildman–Crippen MR) is 80.3 cm³/mol. The number of benzene rings is 1. The molecule has 1 heterocycles. The highest BCUT2D eigenvalue weighted by atomic mass is 28.4. The van der Waals surface area contributed by atoms with Crippen LogP contribution in [0.2, 0.25) is 19.1 Å². The topological polar surface area (TPSA) is 9.23 Å². The lowest BCUT2D eigenvalue weighted by Crippen LogP contribution is -2.34. The number of allylic oxidation sites excluding steroid dienone is 1. The molecule has 2 rings (SSSR count). The van der Waals surface area contributed by atoms with Crippen LogP contribution in [0, 0.1) is 0 Å². The Morgan fingerprint density at radius 2 is 1.94 bits per heavy atom. The molecule has 18 heavy (non-hydrogen) atoms. The Bertz CT molecular complexity index is 408. The van der Waals surface area contributed by atoms with Crippen LogP contribution >= 0.6 is 0 Å². The Labute approximate surface area is 112 Å². The standard InChI is InChI=1S/C16H24OSi/c1-14-9-11-16(17-18(2,3)13-14)12-10-15-7-5-4-6-8-15/h4-9,16H,10-13H2,1-3H3. The average Bonchev–Trinajstić information content (AvgIpc) is 2.45. The van der Waals surface area contributed by atoms with Crippen molar-refractivity contribution in [1.82, 2.24) is 0 Å². The summed E-state index contributed by atoms with van der Waals surface area (Å²) in [6, 6.07) is 11.9. The van der Waals surface area contributed by atoms with Gasteiger partial charge in [0.15, 0.2) is 8.32 Å². The molecule has 0 N–H and O–H groups in total. The molecule has 98 valence electrons. The summed E-state index contributed by atoms with van der Waals surface area (Å²) in [7, 11) is -1.47. The third kappa shape index (κ3) is 4.11. The average molecular weight is 260 g/mol. The second kappa shape index (κ2) is 5.85. The van der Waals surface area contributed by atoms with E-state index in [2.05, 4.69) is 56.4 Å². The van der Waals surface area contributed by atoms with E-state index in [1.807, 2.05) is 0 Å². The Hall–Kier alpha value is -0.863. The fourth-order valence-electron chi connectivity index (χ4n) is 2.77. The van der Waals surface area contributed by atoms with E-state index >= 15 is 0 Å². The molecular weight excluding hydrogens is 236 g/mol. The molecule has 0 saturated carbocycles. The summed E-state index contributed by atoms with van der Waals surface area (Å²) in [6.07, 6.45) is 6.17. The van der Waals surface area contributed by atoms with E-state index < -0.39 is 8.32 Å². The highest BCUT2D eigenvalue weighted by Crippen LogP contribution is 2.27. The first-order chi connectivity index (χ1) is 8.55. The lowest BCUT2D eigenvalue weighted by atomic mass is 10.0. The molecule has 1 unspecified atom stereocenters. The van der Waals surface area contributed by atoms with Gasteiger partial charge in [-0.15, -0.1) is 0 Å². The van der Waals surface area contributed by atoms with Gasteiger partial charge in [0.05, 0.1) is 0 Å². The first-order valence-corrected chi connectivity index (χ1v) is 10.0. The van der Waals surface area contributed by atoms with E-state index in [-0.39, 0.29) is 0 Å². The summed E-state index contributed by atoms with van der Waals surface area (Å²) in [6.45, 7) is 6.92. The highest BCUT2D eigenvalue weighted by molar-refractivity contribution is 6.71. The Morgan fingerprint density at radius 3 is 2.67 bits per heavy atom. The largest absolute Gasteiger partial charge is 0.414 e. The molecule has 0 radical (unpaired) electrons. The molecule has 0 spiro atoms. The van der Waals surface area contributed by atoms with Gasteiger partial charge < -0.3 is 4.43 Å². The zero-order valence-corrected chi connectivity index (χ0v) is 12.8. The van der Waals surface area contributed by atoms with Gasteiger partial charge in [0.2, 0.25) is 0 Å². The fraction of sp³-hybridized carbons (Fsp3) is 0.500. The first kappa shape index (κ1) is 13.6. The fourth-order valence-corrected chi connectivity index (χ4v) is 5.45. The summed E-state index contributed by atoms with van der Waals surface area (Å²) in [5, 5.41) is 0. The molecule has 0 saturated heterocycles. The molecule has 1 aliphatic rings. The SMILES string of the molecule is CC1=CCC(CCc2ccccc2)O[Si](C)(C)C1. The van der Waals surface area contributed by atoms with E-state index in [4.69, 9.17) is 4.43 Å². The van der Waals surface area contributed by atoms with Gasteiger partial charge in [-0.05, 0) is 50.9 Å². The van der Waals surface area contributed by atoms with Crippen LogP contribution in [0.25, 0.3) is 0 Å². The summed E-state index contributed by atoms with van der Waals surface area (Å²) in [5.41, 5.74) is 2.94. The van der Waals surface area contributed by atoms with Crippen molar-refractivity contribution in [3.05, 3.63) is 47.5 Å². The number of hydrogen-bond donors (Lipinski definition) is 0. The van der Waals surface area contributed by atoms with Crippen molar-refractivity contribution in [2.45, 2.75) is 51.4 Å². The molecule has 1 aromatic carbocycles. The molecule has 0 aliphatic carbocycles. The quantitative estimate of drug-likeness (QED) is 0.572.